The zero-order valence-electron chi connectivity index (χ0n) is 17.2. The summed E-state index contributed by atoms with van der Waals surface area (Å²) in [6.45, 7) is 0. The van der Waals surface area contributed by atoms with Crippen molar-refractivity contribution in [1.29, 1.82) is 0 Å². The van der Waals surface area contributed by atoms with Crippen LogP contribution in [-0.2, 0) is 0 Å². The number of anilines is 1. The Balaban J connectivity index is 1.76. The molecule has 1 aromatic heterocycles. The molecule has 1 N–H and O–H groups in total. The molecule has 6 heteroatoms. The van der Waals surface area contributed by atoms with Gasteiger partial charge in [-0.1, -0.05) is 48.5 Å². The van der Waals surface area contributed by atoms with Crippen LogP contribution < -0.4 is 14.4 Å². The van der Waals surface area contributed by atoms with Crippen molar-refractivity contribution in [2.24, 2.45) is 0 Å². The first-order chi connectivity index (χ1) is 15.2. The van der Waals surface area contributed by atoms with Gasteiger partial charge >= 0.3 is 0 Å². The first-order valence-corrected chi connectivity index (χ1v) is 9.97. The van der Waals surface area contributed by atoms with Gasteiger partial charge in [0.25, 0.3) is 5.91 Å². The molecule has 0 saturated heterocycles. The zero-order chi connectivity index (χ0) is 21.4. The van der Waals surface area contributed by atoms with Crippen LogP contribution in [0.3, 0.4) is 0 Å². The molecule has 1 amide bonds. The predicted molar refractivity (Wildman–Crippen MR) is 119 cm³/mol. The van der Waals surface area contributed by atoms with E-state index in [1.54, 1.807) is 19.1 Å². The number of aromatic amines is 1. The van der Waals surface area contributed by atoms with Crippen molar-refractivity contribution in [1.82, 2.24) is 10.2 Å². The molecule has 2 heterocycles. The number of aromatic nitrogens is 2. The van der Waals surface area contributed by atoms with E-state index in [9.17, 15) is 4.79 Å². The van der Waals surface area contributed by atoms with Gasteiger partial charge in [0.2, 0.25) is 0 Å². The second kappa shape index (κ2) is 7.65. The Labute approximate surface area is 180 Å². The summed E-state index contributed by atoms with van der Waals surface area (Å²) in [5.41, 5.74) is 4.69. The normalized spacial score (nSPS) is 15.1. The lowest BCUT2D eigenvalue weighted by Crippen LogP contribution is -2.29. The summed E-state index contributed by atoms with van der Waals surface area (Å²) in [6.07, 6.45) is 0. The van der Waals surface area contributed by atoms with Crippen LogP contribution in [0.4, 0.5) is 5.69 Å². The van der Waals surface area contributed by atoms with Crippen LogP contribution in [0.15, 0.2) is 78.9 Å². The monoisotopic (exact) mass is 411 g/mol. The van der Waals surface area contributed by atoms with E-state index < -0.39 is 6.04 Å². The summed E-state index contributed by atoms with van der Waals surface area (Å²) in [4.78, 5) is 15.3. The van der Waals surface area contributed by atoms with Crippen molar-refractivity contribution in [3.8, 4) is 22.8 Å². The third-order valence-corrected chi connectivity index (χ3v) is 5.59. The number of nitrogens with zero attached hydrogens (tertiary/aromatic N) is 2. The van der Waals surface area contributed by atoms with Gasteiger partial charge in [-0.3, -0.25) is 14.8 Å². The molecule has 0 bridgehead atoms. The Morgan fingerprint density at radius 1 is 0.903 bits per heavy atom. The minimum absolute atomic E-state index is 0.126. The number of methoxy groups -OCH3 is 2. The molecule has 1 aliphatic heterocycles. The lowest BCUT2D eigenvalue weighted by molar-refractivity contribution is 0.0988. The van der Waals surface area contributed by atoms with Crippen molar-refractivity contribution in [3.63, 3.8) is 0 Å². The van der Waals surface area contributed by atoms with Crippen LogP contribution in [0, 0.1) is 0 Å². The van der Waals surface area contributed by atoms with Crippen LogP contribution in [0.5, 0.6) is 11.5 Å². The predicted octanol–water partition coefficient (Wildman–Crippen LogP) is 4.84. The Hall–Kier alpha value is -4.06. The highest BCUT2D eigenvalue weighted by Gasteiger charge is 2.44. The highest BCUT2D eigenvalue weighted by molar-refractivity contribution is 6.11. The van der Waals surface area contributed by atoms with Gasteiger partial charge in [0.15, 0.2) is 0 Å². The number of hydrogen-bond donors (Lipinski definition) is 1. The molecule has 0 aliphatic carbocycles. The molecule has 154 valence electrons. The van der Waals surface area contributed by atoms with E-state index in [0.717, 1.165) is 28.1 Å². The molecule has 31 heavy (non-hydrogen) atoms. The number of amides is 1. The average molecular weight is 411 g/mol. The van der Waals surface area contributed by atoms with Gasteiger partial charge in [-0.25, -0.2) is 0 Å². The number of hydrogen-bond acceptors (Lipinski definition) is 4. The Bertz CT molecular complexity index is 1240. The van der Waals surface area contributed by atoms with E-state index in [2.05, 4.69) is 10.2 Å². The molecule has 0 saturated carbocycles. The Morgan fingerprint density at radius 3 is 2.29 bits per heavy atom. The molecule has 0 radical (unpaired) electrons. The quantitative estimate of drug-likeness (QED) is 0.510. The number of nitrogens with one attached hydrogen (secondary N) is 1. The standard InChI is InChI=1S/C25H21N3O3/c1-30-18-13-14-19(20(15-18)31-2)24-21-22(16-9-5-3-6-10-16)26-27-23(21)25(29)28(24)17-11-7-4-8-12-17/h3-15,24H,1-2H3,(H,26,27)/t24-/m1/s1. The van der Waals surface area contributed by atoms with Gasteiger partial charge in [0, 0.05) is 28.4 Å². The van der Waals surface area contributed by atoms with E-state index in [1.165, 1.54) is 0 Å². The number of ether oxygens (including phenoxy) is 2. The molecular formula is C25H21N3O3. The van der Waals surface area contributed by atoms with E-state index in [-0.39, 0.29) is 5.91 Å². The Morgan fingerprint density at radius 2 is 1.61 bits per heavy atom. The third-order valence-electron chi connectivity index (χ3n) is 5.59. The van der Waals surface area contributed by atoms with E-state index in [4.69, 9.17) is 9.47 Å². The van der Waals surface area contributed by atoms with E-state index >= 15 is 0 Å². The van der Waals surface area contributed by atoms with Crippen molar-refractivity contribution >= 4 is 11.6 Å². The molecule has 0 unspecified atom stereocenters. The van der Waals surface area contributed by atoms with E-state index in [1.807, 2.05) is 78.9 Å². The fourth-order valence-corrected chi connectivity index (χ4v) is 4.16. The molecule has 4 aromatic rings. The minimum Gasteiger partial charge on any atom is -0.497 e. The molecular weight excluding hydrogens is 390 g/mol. The van der Waals surface area contributed by atoms with Gasteiger partial charge in [-0.05, 0) is 24.3 Å². The SMILES string of the molecule is COc1ccc([C@@H]2c3c(-c4ccccc4)n[nH]c3C(=O)N2c2ccccc2)c(OC)c1. The van der Waals surface area contributed by atoms with Crippen LogP contribution in [-0.4, -0.2) is 30.3 Å². The number of para-hydroxylation sites is 1. The van der Waals surface area contributed by atoms with Gasteiger partial charge in [-0.15, -0.1) is 0 Å². The fraction of sp³-hybridized carbons (Fsp3) is 0.120. The molecule has 1 aliphatic rings. The van der Waals surface area contributed by atoms with Crippen LogP contribution in [0.1, 0.15) is 27.7 Å². The van der Waals surface area contributed by atoms with Crippen LogP contribution in [0.25, 0.3) is 11.3 Å². The van der Waals surface area contributed by atoms with Crippen LogP contribution in [0.2, 0.25) is 0 Å². The first-order valence-electron chi connectivity index (χ1n) is 9.97. The second-order valence-electron chi connectivity index (χ2n) is 7.25. The summed E-state index contributed by atoms with van der Waals surface area (Å²) >= 11 is 0. The molecule has 0 fully saturated rings. The molecule has 5 rings (SSSR count). The maximum atomic E-state index is 13.5. The summed E-state index contributed by atoms with van der Waals surface area (Å²) in [5, 5.41) is 7.50. The fourth-order valence-electron chi connectivity index (χ4n) is 4.16. The number of carbonyl (C=O) groups is 1. The number of rotatable bonds is 5. The number of H-pyrrole nitrogens is 1. The van der Waals surface area contributed by atoms with Crippen molar-refractivity contribution in [2.45, 2.75) is 6.04 Å². The largest absolute Gasteiger partial charge is 0.497 e. The van der Waals surface area contributed by atoms with Gasteiger partial charge in [0.1, 0.15) is 17.2 Å². The summed E-state index contributed by atoms with van der Waals surface area (Å²) < 4.78 is 11.1. The first kappa shape index (κ1) is 18.9. The van der Waals surface area contributed by atoms with E-state index in [0.29, 0.717) is 17.2 Å². The summed E-state index contributed by atoms with van der Waals surface area (Å²) in [6, 6.07) is 24.8. The van der Waals surface area contributed by atoms with Crippen molar-refractivity contribution in [3.05, 3.63) is 95.7 Å². The minimum atomic E-state index is -0.403. The summed E-state index contributed by atoms with van der Waals surface area (Å²) in [5.74, 6) is 1.21. The lowest BCUT2D eigenvalue weighted by Gasteiger charge is -2.27. The highest BCUT2D eigenvalue weighted by Crippen LogP contribution is 2.47. The van der Waals surface area contributed by atoms with Crippen molar-refractivity contribution < 1.29 is 14.3 Å². The number of carbonyl (C=O) groups excluding carboxylic acids is 1. The number of fused-ring (bicyclic) bond motifs is 1. The van der Waals surface area contributed by atoms with Gasteiger partial charge in [0.05, 0.1) is 26.0 Å². The topological polar surface area (TPSA) is 67.5 Å². The lowest BCUT2D eigenvalue weighted by atomic mass is 9.95. The molecule has 0 spiro atoms. The molecule has 3 aromatic carbocycles. The second-order valence-corrected chi connectivity index (χ2v) is 7.25. The maximum absolute atomic E-state index is 13.5. The smallest absolute Gasteiger partial charge is 0.277 e. The molecule has 6 nitrogen and oxygen atoms in total. The van der Waals surface area contributed by atoms with Crippen LogP contribution >= 0.6 is 0 Å². The number of benzene rings is 3. The average Bonchev–Trinajstić information content (AvgIpc) is 3.38. The third kappa shape index (κ3) is 3.04. The van der Waals surface area contributed by atoms with Gasteiger partial charge < -0.3 is 9.47 Å². The van der Waals surface area contributed by atoms with Gasteiger partial charge in [-0.2, -0.15) is 5.10 Å². The summed E-state index contributed by atoms with van der Waals surface area (Å²) in [7, 11) is 3.24. The highest BCUT2D eigenvalue weighted by atomic mass is 16.5. The Kier molecular flexibility index (Phi) is 4.67. The maximum Gasteiger partial charge on any atom is 0.277 e. The zero-order valence-corrected chi connectivity index (χ0v) is 17.2. The molecule has 1 atom stereocenters. The van der Waals surface area contributed by atoms with Crippen molar-refractivity contribution in [2.75, 3.05) is 19.1 Å².